The number of pyridine rings is 3. The first kappa shape index (κ1) is 19.8. The number of carbonyl (C=O) groups excluding carboxylic acids is 1. The number of likely N-dealkylation sites (tertiary alicyclic amines) is 1. The Kier molecular flexibility index (Phi) is 5.42. The Morgan fingerprint density at radius 2 is 1.87 bits per heavy atom. The molecule has 31 heavy (non-hydrogen) atoms. The van der Waals surface area contributed by atoms with E-state index >= 15 is 0 Å². The minimum Gasteiger partial charge on any atom is -0.342 e. The summed E-state index contributed by atoms with van der Waals surface area (Å²) in [5, 5.41) is 2.04. The Morgan fingerprint density at radius 3 is 2.61 bits per heavy atom. The van der Waals surface area contributed by atoms with E-state index in [9.17, 15) is 4.79 Å². The van der Waals surface area contributed by atoms with Gasteiger partial charge in [0, 0.05) is 65.3 Å². The van der Waals surface area contributed by atoms with Crippen LogP contribution in [0.2, 0.25) is 0 Å². The number of rotatable bonds is 4. The molecule has 156 valence electrons. The quantitative estimate of drug-likeness (QED) is 0.481. The summed E-state index contributed by atoms with van der Waals surface area (Å²) < 4.78 is 0. The van der Waals surface area contributed by atoms with Gasteiger partial charge in [0.2, 0.25) is 5.91 Å². The number of aryl methyl sites for hydroxylation is 1. The highest BCUT2D eigenvalue weighted by atomic mass is 32.1. The number of aromatic nitrogens is 4. The third-order valence-corrected chi connectivity index (χ3v) is 6.75. The predicted molar refractivity (Wildman–Crippen MR) is 122 cm³/mol. The van der Waals surface area contributed by atoms with Gasteiger partial charge in [-0.05, 0) is 55.7 Å². The van der Waals surface area contributed by atoms with Crippen molar-refractivity contribution in [1.29, 1.82) is 0 Å². The lowest BCUT2D eigenvalue weighted by atomic mass is 9.92. The SMILES string of the molecule is Cc1ncc(CC(=O)N2CCC(c3ccc4cc(-c5ccncc5)cnc4n3)CC2)s1. The largest absolute Gasteiger partial charge is 0.342 e. The minimum absolute atomic E-state index is 0.193. The van der Waals surface area contributed by atoms with Gasteiger partial charge in [-0.15, -0.1) is 11.3 Å². The maximum Gasteiger partial charge on any atom is 0.227 e. The van der Waals surface area contributed by atoms with Gasteiger partial charge >= 0.3 is 0 Å². The van der Waals surface area contributed by atoms with E-state index in [0.29, 0.717) is 12.3 Å². The lowest BCUT2D eigenvalue weighted by molar-refractivity contribution is -0.131. The van der Waals surface area contributed by atoms with E-state index in [0.717, 1.165) is 63.7 Å². The second-order valence-electron chi connectivity index (χ2n) is 7.92. The van der Waals surface area contributed by atoms with Crippen LogP contribution in [0.1, 0.15) is 34.3 Å². The number of fused-ring (bicyclic) bond motifs is 1. The van der Waals surface area contributed by atoms with Crippen molar-refractivity contribution in [3.8, 4) is 11.1 Å². The molecule has 0 N–H and O–H groups in total. The maximum atomic E-state index is 12.6. The molecule has 5 heterocycles. The summed E-state index contributed by atoms with van der Waals surface area (Å²) >= 11 is 1.60. The monoisotopic (exact) mass is 429 g/mol. The zero-order valence-corrected chi connectivity index (χ0v) is 18.2. The molecule has 0 bridgehead atoms. The van der Waals surface area contributed by atoms with Crippen molar-refractivity contribution in [2.45, 2.75) is 32.1 Å². The fourth-order valence-electron chi connectivity index (χ4n) is 4.13. The Morgan fingerprint density at radius 1 is 1.06 bits per heavy atom. The van der Waals surface area contributed by atoms with E-state index < -0.39 is 0 Å². The Hall–Kier alpha value is -3.19. The van der Waals surface area contributed by atoms with Crippen LogP contribution in [-0.2, 0) is 11.2 Å². The van der Waals surface area contributed by atoms with Crippen molar-refractivity contribution < 1.29 is 4.79 Å². The molecule has 1 aliphatic heterocycles. The zero-order valence-electron chi connectivity index (χ0n) is 17.4. The van der Waals surface area contributed by atoms with Gasteiger partial charge in [0.1, 0.15) is 0 Å². The second-order valence-corrected chi connectivity index (χ2v) is 9.24. The third-order valence-electron chi connectivity index (χ3n) is 5.84. The van der Waals surface area contributed by atoms with Crippen LogP contribution in [0.15, 0.2) is 55.1 Å². The summed E-state index contributed by atoms with van der Waals surface area (Å²) in [6, 6.07) is 10.3. The third kappa shape index (κ3) is 4.32. The molecule has 0 aliphatic carbocycles. The first-order valence-electron chi connectivity index (χ1n) is 10.5. The van der Waals surface area contributed by atoms with Crippen LogP contribution < -0.4 is 0 Å². The van der Waals surface area contributed by atoms with E-state index in [2.05, 4.69) is 33.2 Å². The molecule has 1 saturated heterocycles. The molecule has 0 unspecified atom stereocenters. The number of hydrogen-bond acceptors (Lipinski definition) is 6. The molecule has 0 atom stereocenters. The van der Waals surface area contributed by atoms with Crippen LogP contribution in [0.25, 0.3) is 22.2 Å². The zero-order chi connectivity index (χ0) is 21.2. The predicted octanol–water partition coefficient (Wildman–Crippen LogP) is 4.41. The number of piperidine rings is 1. The minimum atomic E-state index is 0.193. The molecule has 0 saturated carbocycles. The summed E-state index contributed by atoms with van der Waals surface area (Å²) in [6.07, 6.45) is 9.58. The number of nitrogens with zero attached hydrogens (tertiary/aromatic N) is 5. The van der Waals surface area contributed by atoms with Crippen molar-refractivity contribution in [3.63, 3.8) is 0 Å². The summed E-state index contributed by atoms with van der Waals surface area (Å²) in [4.78, 5) is 33.4. The second kappa shape index (κ2) is 8.51. The van der Waals surface area contributed by atoms with Crippen LogP contribution in [-0.4, -0.2) is 43.8 Å². The molecule has 6 nitrogen and oxygen atoms in total. The van der Waals surface area contributed by atoms with Gasteiger partial charge in [0.05, 0.1) is 11.4 Å². The molecule has 1 fully saturated rings. The number of carbonyl (C=O) groups is 1. The fraction of sp³-hybridized carbons (Fsp3) is 0.292. The van der Waals surface area contributed by atoms with E-state index in [1.54, 1.807) is 23.7 Å². The van der Waals surface area contributed by atoms with E-state index in [1.807, 2.05) is 36.4 Å². The average Bonchev–Trinajstić information content (AvgIpc) is 3.23. The molecular formula is C24H23N5OS. The summed E-state index contributed by atoms with van der Waals surface area (Å²) in [5.74, 6) is 0.555. The van der Waals surface area contributed by atoms with E-state index in [-0.39, 0.29) is 5.91 Å². The maximum absolute atomic E-state index is 12.6. The van der Waals surface area contributed by atoms with Crippen molar-refractivity contribution in [2.24, 2.45) is 0 Å². The molecule has 4 aromatic rings. The summed E-state index contributed by atoms with van der Waals surface area (Å²) in [5.41, 5.74) is 4.00. The number of hydrogen-bond donors (Lipinski definition) is 0. The van der Waals surface area contributed by atoms with Crippen LogP contribution in [0.3, 0.4) is 0 Å². The van der Waals surface area contributed by atoms with Crippen LogP contribution in [0.4, 0.5) is 0 Å². The lowest BCUT2D eigenvalue weighted by Crippen LogP contribution is -2.38. The molecule has 4 aromatic heterocycles. The highest BCUT2D eigenvalue weighted by molar-refractivity contribution is 7.11. The van der Waals surface area contributed by atoms with Crippen LogP contribution >= 0.6 is 11.3 Å². The molecule has 0 radical (unpaired) electrons. The van der Waals surface area contributed by atoms with Crippen molar-refractivity contribution >= 4 is 28.3 Å². The van der Waals surface area contributed by atoms with Crippen LogP contribution in [0.5, 0.6) is 0 Å². The van der Waals surface area contributed by atoms with Gasteiger partial charge in [0.15, 0.2) is 5.65 Å². The highest BCUT2D eigenvalue weighted by Gasteiger charge is 2.25. The smallest absolute Gasteiger partial charge is 0.227 e. The fourth-order valence-corrected chi connectivity index (χ4v) is 4.91. The van der Waals surface area contributed by atoms with Crippen molar-refractivity contribution in [2.75, 3.05) is 13.1 Å². The summed E-state index contributed by atoms with van der Waals surface area (Å²) in [6.45, 7) is 3.51. The Bertz CT molecular complexity index is 1220. The number of amides is 1. The molecule has 1 amide bonds. The first-order chi connectivity index (χ1) is 15.2. The van der Waals surface area contributed by atoms with Crippen molar-refractivity contribution in [3.05, 3.63) is 70.7 Å². The summed E-state index contributed by atoms with van der Waals surface area (Å²) in [7, 11) is 0. The first-order valence-corrected chi connectivity index (χ1v) is 11.3. The van der Waals surface area contributed by atoms with Crippen LogP contribution in [0, 0.1) is 6.92 Å². The van der Waals surface area contributed by atoms with E-state index in [1.165, 1.54) is 0 Å². The molecule has 0 aromatic carbocycles. The average molecular weight is 430 g/mol. The van der Waals surface area contributed by atoms with Gasteiger partial charge in [-0.1, -0.05) is 0 Å². The van der Waals surface area contributed by atoms with Crippen molar-refractivity contribution in [1.82, 2.24) is 24.8 Å². The van der Waals surface area contributed by atoms with Gasteiger partial charge < -0.3 is 4.90 Å². The topological polar surface area (TPSA) is 71.9 Å². The molecule has 5 rings (SSSR count). The molecule has 1 aliphatic rings. The van der Waals surface area contributed by atoms with Gasteiger partial charge in [-0.2, -0.15) is 0 Å². The normalized spacial score (nSPS) is 14.8. The Labute approximate surface area is 185 Å². The Balaban J connectivity index is 1.25. The highest BCUT2D eigenvalue weighted by Crippen LogP contribution is 2.29. The standard InChI is InChI=1S/C24H23N5OS/c1-16-26-15-21(31-16)13-23(30)29-10-6-18(7-11-29)22-3-2-19-12-20(14-27-24(19)28-22)17-4-8-25-9-5-17/h2-5,8-9,12,14-15,18H,6-7,10-11,13H2,1H3. The molecule has 7 heteroatoms. The molecule has 0 spiro atoms. The molecular weight excluding hydrogens is 406 g/mol. The van der Waals surface area contributed by atoms with Gasteiger partial charge in [-0.25, -0.2) is 15.0 Å². The van der Waals surface area contributed by atoms with Gasteiger partial charge in [0.25, 0.3) is 0 Å². The van der Waals surface area contributed by atoms with E-state index in [4.69, 9.17) is 4.98 Å². The van der Waals surface area contributed by atoms with Gasteiger partial charge in [-0.3, -0.25) is 9.78 Å². The lowest BCUT2D eigenvalue weighted by Gasteiger charge is -2.31. The number of thiazole rings is 1.